The van der Waals surface area contributed by atoms with Gasteiger partial charge in [0.05, 0.1) is 23.1 Å². The van der Waals surface area contributed by atoms with Gasteiger partial charge in [0.1, 0.15) is 10.8 Å². The fourth-order valence-electron chi connectivity index (χ4n) is 5.28. The van der Waals surface area contributed by atoms with Crippen LogP contribution in [0, 0.1) is 5.41 Å². The molecule has 2 aliphatic heterocycles. The van der Waals surface area contributed by atoms with Gasteiger partial charge in [0.25, 0.3) is 0 Å². The summed E-state index contributed by atoms with van der Waals surface area (Å²) in [5.41, 5.74) is 2.81. The SMILES string of the molecule is C=C1CCCN1c1cccc(Sc2cnc(N3CCC4(CCCC4)CC3)cn2)c1Cl. The van der Waals surface area contributed by atoms with Gasteiger partial charge >= 0.3 is 0 Å². The number of nitrogens with zero attached hydrogens (tertiary/aromatic N) is 4. The molecule has 3 aliphatic rings. The normalized spacial score (nSPS) is 21.0. The van der Waals surface area contributed by atoms with Gasteiger partial charge in [0.2, 0.25) is 0 Å². The number of piperidine rings is 1. The Morgan fingerprint density at radius 2 is 1.77 bits per heavy atom. The molecule has 1 spiro atoms. The molecule has 0 unspecified atom stereocenters. The lowest BCUT2D eigenvalue weighted by molar-refractivity contribution is 0.226. The van der Waals surface area contributed by atoms with Crippen molar-refractivity contribution in [2.75, 3.05) is 29.4 Å². The van der Waals surface area contributed by atoms with E-state index in [1.807, 2.05) is 12.4 Å². The lowest BCUT2D eigenvalue weighted by Crippen LogP contribution is -2.39. The van der Waals surface area contributed by atoms with Gasteiger partial charge in [0, 0.05) is 30.2 Å². The molecule has 0 atom stereocenters. The number of hydrogen-bond acceptors (Lipinski definition) is 5. The molecule has 3 fully saturated rings. The van der Waals surface area contributed by atoms with E-state index in [0.29, 0.717) is 5.41 Å². The molecule has 30 heavy (non-hydrogen) atoms. The van der Waals surface area contributed by atoms with Gasteiger partial charge in [-0.1, -0.05) is 48.8 Å². The number of halogens is 1. The molecule has 1 aromatic carbocycles. The highest BCUT2D eigenvalue weighted by molar-refractivity contribution is 7.99. The Kier molecular flexibility index (Phi) is 5.67. The van der Waals surface area contributed by atoms with Crippen molar-refractivity contribution in [1.82, 2.24) is 9.97 Å². The summed E-state index contributed by atoms with van der Waals surface area (Å²) < 4.78 is 0. The zero-order valence-corrected chi connectivity index (χ0v) is 19.0. The van der Waals surface area contributed by atoms with E-state index in [1.54, 1.807) is 11.8 Å². The fraction of sp³-hybridized carbons (Fsp3) is 0.500. The van der Waals surface area contributed by atoms with Gasteiger partial charge in [-0.05, 0) is 56.1 Å². The van der Waals surface area contributed by atoms with Gasteiger partial charge < -0.3 is 9.80 Å². The van der Waals surface area contributed by atoms with E-state index in [0.717, 1.165) is 64.6 Å². The summed E-state index contributed by atoms with van der Waals surface area (Å²) in [6.45, 7) is 7.37. The van der Waals surface area contributed by atoms with E-state index < -0.39 is 0 Å². The second-order valence-electron chi connectivity index (χ2n) is 8.92. The summed E-state index contributed by atoms with van der Waals surface area (Å²) in [5.74, 6) is 1.00. The third-order valence-electron chi connectivity index (χ3n) is 7.10. The highest BCUT2D eigenvalue weighted by Gasteiger charge is 2.37. The Balaban J connectivity index is 1.26. The molecular weight excluding hydrogens is 412 g/mol. The van der Waals surface area contributed by atoms with E-state index in [1.165, 1.54) is 38.5 Å². The van der Waals surface area contributed by atoms with Crippen LogP contribution in [0.3, 0.4) is 0 Å². The number of anilines is 2. The van der Waals surface area contributed by atoms with E-state index in [9.17, 15) is 0 Å². The largest absolute Gasteiger partial charge is 0.355 e. The maximum absolute atomic E-state index is 6.76. The van der Waals surface area contributed by atoms with Crippen molar-refractivity contribution in [2.45, 2.75) is 61.3 Å². The molecule has 2 aromatic rings. The molecule has 0 radical (unpaired) electrons. The first-order valence-electron chi connectivity index (χ1n) is 11.1. The standard InChI is InChI=1S/C24H29ClN4S/c1-18-6-5-13-29(18)19-7-4-8-20(23(19)25)30-22-17-26-21(16-27-22)28-14-11-24(12-15-28)9-2-3-10-24/h4,7-8,16-17H,1-3,5-6,9-15H2. The van der Waals surface area contributed by atoms with Gasteiger partial charge in [0.15, 0.2) is 0 Å². The van der Waals surface area contributed by atoms with Crippen LogP contribution < -0.4 is 9.80 Å². The van der Waals surface area contributed by atoms with Crippen molar-refractivity contribution < 1.29 is 0 Å². The molecule has 5 rings (SSSR count). The Morgan fingerprint density at radius 3 is 2.43 bits per heavy atom. The predicted octanol–water partition coefficient (Wildman–Crippen LogP) is 6.56. The average molecular weight is 441 g/mol. The van der Waals surface area contributed by atoms with Crippen molar-refractivity contribution in [3.05, 3.63) is 47.9 Å². The average Bonchev–Trinajstić information content (AvgIpc) is 3.40. The highest BCUT2D eigenvalue weighted by atomic mass is 35.5. The lowest BCUT2D eigenvalue weighted by atomic mass is 9.77. The second kappa shape index (κ2) is 8.43. The third kappa shape index (κ3) is 3.94. The number of hydrogen-bond donors (Lipinski definition) is 0. The van der Waals surface area contributed by atoms with Crippen LogP contribution in [-0.2, 0) is 0 Å². The summed E-state index contributed by atoms with van der Waals surface area (Å²) in [6.07, 6.45) is 14.3. The topological polar surface area (TPSA) is 32.3 Å². The summed E-state index contributed by atoms with van der Waals surface area (Å²) in [4.78, 5) is 15.1. The molecule has 0 bridgehead atoms. The second-order valence-corrected chi connectivity index (χ2v) is 10.4. The van der Waals surface area contributed by atoms with Crippen LogP contribution >= 0.6 is 23.4 Å². The molecular formula is C24H29ClN4S. The van der Waals surface area contributed by atoms with Gasteiger partial charge in [-0.25, -0.2) is 9.97 Å². The lowest BCUT2D eigenvalue weighted by Gasteiger charge is -2.39. The molecule has 4 nitrogen and oxygen atoms in total. The molecule has 3 heterocycles. The summed E-state index contributed by atoms with van der Waals surface area (Å²) >= 11 is 8.33. The number of rotatable bonds is 4. The molecule has 1 aromatic heterocycles. The summed E-state index contributed by atoms with van der Waals surface area (Å²) in [7, 11) is 0. The molecule has 158 valence electrons. The van der Waals surface area contributed by atoms with E-state index >= 15 is 0 Å². The minimum Gasteiger partial charge on any atom is -0.355 e. The molecule has 1 saturated carbocycles. The van der Waals surface area contributed by atoms with Crippen LogP contribution in [0.25, 0.3) is 0 Å². The number of allylic oxidation sites excluding steroid dienone is 1. The van der Waals surface area contributed by atoms with Crippen molar-refractivity contribution in [3.8, 4) is 0 Å². The van der Waals surface area contributed by atoms with E-state index in [4.69, 9.17) is 21.6 Å². The first-order chi connectivity index (χ1) is 14.6. The van der Waals surface area contributed by atoms with Crippen molar-refractivity contribution >= 4 is 34.9 Å². The zero-order valence-electron chi connectivity index (χ0n) is 17.4. The molecule has 0 amide bonds. The van der Waals surface area contributed by atoms with Crippen molar-refractivity contribution in [1.29, 1.82) is 0 Å². The Morgan fingerprint density at radius 1 is 0.967 bits per heavy atom. The Hall–Kier alpha value is -1.72. The van der Waals surface area contributed by atoms with Crippen LogP contribution in [0.5, 0.6) is 0 Å². The highest BCUT2D eigenvalue weighted by Crippen LogP contribution is 2.46. The van der Waals surface area contributed by atoms with Gasteiger partial charge in [-0.15, -0.1) is 0 Å². The molecule has 0 N–H and O–H groups in total. The molecule has 1 aliphatic carbocycles. The maximum Gasteiger partial charge on any atom is 0.147 e. The zero-order chi connectivity index (χ0) is 20.6. The number of aromatic nitrogens is 2. The first kappa shape index (κ1) is 20.2. The minimum atomic E-state index is 0.627. The number of benzene rings is 1. The van der Waals surface area contributed by atoms with Crippen LogP contribution in [-0.4, -0.2) is 29.6 Å². The fourth-order valence-corrected chi connectivity index (χ4v) is 6.41. The molecule has 6 heteroatoms. The smallest absolute Gasteiger partial charge is 0.147 e. The third-order valence-corrected chi connectivity index (χ3v) is 8.59. The van der Waals surface area contributed by atoms with Crippen LogP contribution in [0.1, 0.15) is 51.4 Å². The Bertz CT molecular complexity index is 913. The molecule has 2 saturated heterocycles. The van der Waals surface area contributed by atoms with E-state index in [2.05, 4.69) is 34.6 Å². The maximum atomic E-state index is 6.76. The van der Waals surface area contributed by atoms with Crippen LogP contribution in [0.2, 0.25) is 5.02 Å². The first-order valence-corrected chi connectivity index (χ1v) is 12.3. The van der Waals surface area contributed by atoms with Crippen molar-refractivity contribution in [2.24, 2.45) is 5.41 Å². The predicted molar refractivity (Wildman–Crippen MR) is 126 cm³/mol. The van der Waals surface area contributed by atoms with Crippen LogP contribution in [0.15, 0.2) is 52.8 Å². The minimum absolute atomic E-state index is 0.627. The van der Waals surface area contributed by atoms with Crippen LogP contribution in [0.4, 0.5) is 11.5 Å². The van der Waals surface area contributed by atoms with Gasteiger partial charge in [-0.2, -0.15) is 0 Å². The quantitative estimate of drug-likeness (QED) is 0.537. The summed E-state index contributed by atoms with van der Waals surface area (Å²) in [5, 5.41) is 1.65. The van der Waals surface area contributed by atoms with Crippen molar-refractivity contribution in [3.63, 3.8) is 0 Å². The Labute approximate surface area is 188 Å². The van der Waals surface area contributed by atoms with Gasteiger partial charge in [-0.3, -0.25) is 0 Å². The summed E-state index contributed by atoms with van der Waals surface area (Å²) in [6, 6.07) is 6.19. The van der Waals surface area contributed by atoms with E-state index in [-0.39, 0.29) is 0 Å². The monoisotopic (exact) mass is 440 g/mol.